The number of nitrogens with zero attached hydrogens (tertiary/aromatic N) is 2. The molecule has 0 spiro atoms. The van der Waals surface area contributed by atoms with Crippen molar-refractivity contribution in [1.29, 1.82) is 5.26 Å². The van der Waals surface area contributed by atoms with Gasteiger partial charge < -0.3 is 5.32 Å². The van der Waals surface area contributed by atoms with Gasteiger partial charge in [-0.3, -0.25) is 9.78 Å². The number of nitrogens with one attached hydrogen (secondary N) is 1. The lowest BCUT2D eigenvalue weighted by Crippen LogP contribution is -2.16. The molecular weight excluding hydrogens is 334 g/mol. The number of carbonyl (C=O) groups excluding carboxylic acids is 1. The molecular formula is C20H16ClN3O. The molecule has 124 valence electrons. The summed E-state index contributed by atoms with van der Waals surface area (Å²) in [6, 6.07) is 14.4. The third kappa shape index (κ3) is 3.19. The van der Waals surface area contributed by atoms with Crippen LogP contribution < -0.4 is 5.32 Å². The second-order valence-electron chi connectivity index (χ2n) is 5.69. The van der Waals surface area contributed by atoms with Crippen LogP contribution >= 0.6 is 11.6 Å². The van der Waals surface area contributed by atoms with Crippen molar-refractivity contribution in [3.05, 3.63) is 69.9 Å². The van der Waals surface area contributed by atoms with Crippen molar-refractivity contribution >= 4 is 34.1 Å². The first kappa shape index (κ1) is 16.9. The Morgan fingerprint density at radius 3 is 2.72 bits per heavy atom. The van der Waals surface area contributed by atoms with Gasteiger partial charge in [-0.2, -0.15) is 5.26 Å². The maximum Gasteiger partial charge on any atom is 0.256 e. The lowest BCUT2D eigenvalue weighted by molar-refractivity contribution is 0.102. The number of hydrogen-bond acceptors (Lipinski definition) is 3. The highest BCUT2D eigenvalue weighted by Crippen LogP contribution is 2.26. The van der Waals surface area contributed by atoms with E-state index < -0.39 is 0 Å². The first-order valence-electron chi connectivity index (χ1n) is 7.94. The van der Waals surface area contributed by atoms with Crippen LogP contribution in [0.3, 0.4) is 0 Å². The summed E-state index contributed by atoms with van der Waals surface area (Å²) in [6.45, 7) is 3.94. The number of halogens is 1. The molecule has 0 unspecified atom stereocenters. The number of pyridine rings is 1. The lowest BCUT2D eigenvalue weighted by Gasteiger charge is -2.14. The van der Waals surface area contributed by atoms with E-state index in [9.17, 15) is 4.79 Å². The van der Waals surface area contributed by atoms with Gasteiger partial charge in [0, 0.05) is 16.8 Å². The topological polar surface area (TPSA) is 65.8 Å². The van der Waals surface area contributed by atoms with Crippen LogP contribution in [-0.4, -0.2) is 10.9 Å². The summed E-state index contributed by atoms with van der Waals surface area (Å²) in [5.74, 6) is -0.216. The second-order valence-corrected chi connectivity index (χ2v) is 6.10. The minimum atomic E-state index is -0.216. The Balaban J connectivity index is 2.06. The molecule has 0 aliphatic heterocycles. The Kier molecular flexibility index (Phi) is 4.69. The van der Waals surface area contributed by atoms with Crippen molar-refractivity contribution in [1.82, 2.24) is 4.98 Å². The Bertz CT molecular complexity index is 1020. The zero-order valence-corrected chi connectivity index (χ0v) is 14.7. The summed E-state index contributed by atoms with van der Waals surface area (Å²) in [6.07, 6.45) is 0.750. The molecule has 0 saturated heterocycles. The Labute approximate surface area is 151 Å². The molecule has 0 saturated carbocycles. The number of anilines is 1. The van der Waals surface area contributed by atoms with Crippen LogP contribution in [0.1, 0.15) is 34.1 Å². The van der Waals surface area contributed by atoms with Gasteiger partial charge in [0.05, 0.1) is 21.7 Å². The number of rotatable bonds is 3. The third-order valence-corrected chi connectivity index (χ3v) is 4.46. The van der Waals surface area contributed by atoms with Crippen LogP contribution in [0.4, 0.5) is 5.69 Å². The van der Waals surface area contributed by atoms with Gasteiger partial charge in [-0.1, -0.05) is 36.7 Å². The molecule has 1 heterocycles. The summed E-state index contributed by atoms with van der Waals surface area (Å²) in [5, 5.41) is 13.0. The molecule has 3 aromatic rings. The number of aromatic nitrogens is 1. The fraction of sp³-hybridized carbons (Fsp3) is 0.150. The standard InChI is InChI=1S/C20H16ClN3O/c1-3-17-12(2)19(15-6-4-5-7-18(15)24-17)20(25)23-14-9-8-13(11-22)16(21)10-14/h4-10H,3H2,1-2H3,(H,23,25). The van der Waals surface area contributed by atoms with Gasteiger partial charge >= 0.3 is 0 Å². The zero-order chi connectivity index (χ0) is 18.0. The molecule has 0 aliphatic carbocycles. The average molecular weight is 350 g/mol. The maximum absolute atomic E-state index is 12.9. The van der Waals surface area contributed by atoms with Crippen LogP contribution in [0.15, 0.2) is 42.5 Å². The van der Waals surface area contributed by atoms with Gasteiger partial charge in [-0.25, -0.2) is 0 Å². The van der Waals surface area contributed by atoms with Crippen molar-refractivity contribution in [2.45, 2.75) is 20.3 Å². The minimum absolute atomic E-state index is 0.216. The largest absolute Gasteiger partial charge is 0.322 e. The normalized spacial score (nSPS) is 10.5. The summed E-state index contributed by atoms with van der Waals surface area (Å²) in [4.78, 5) is 17.6. The molecule has 0 aliphatic rings. The van der Waals surface area contributed by atoms with Gasteiger partial charge in [0.15, 0.2) is 0 Å². The molecule has 2 aromatic carbocycles. The number of nitriles is 1. The summed E-state index contributed by atoms with van der Waals surface area (Å²) < 4.78 is 0. The fourth-order valence-electron chi connectivity index (χ4n) is 2.87. The van der Waals surface area contributed by atoms with Gasteiger partial charge in [0.1, 0.15) is 6.07 Å². The van der Waals surface area contributed by atoms with E-state index in [1.807, 2.05) is 44.2 Å². The molecule has 1 aromatic heterocycles. The first-order chi connectivity index (χ1) is 12.0. The van der Waals surface area contributed by atoms with Crippen LogP contribution in [0, 0.1) is 18.3 Å². The van der Waals surface area contributed by atoms with E-state index in [1.54, 1.807) is 18.2 Å². The van der Waals surface area contributed by atoms with E-state index in [0.717, 1.165) is 28.6 Å². The number of benzene rings is 2. The number of aryl methyl sites for hydroxylation is 1. The highest BCUT2D eigenvalue weighted by molar-refractivity contribution is 6.32. The molecule has 4 nitrogen and oxygen atoms in total. The zero-order valence-electron chi connectivity index (χ0n) is 13.9. The van der Waals surface area contributed by atoms with Crippen molar-refractivity contribution in [2.24, 2.45) is 0 Å². The highest BCUT2D eigenvalue weighted by atomic mass is 35.5. The maximum atomic E-state index is 12.9. The van der Waals surface area contributed by atoms with E-state index in [2.05, 4.69) is 10.3 Å². The van der Waals surface area contributed by atoms with E-state index in [-0.39, 0.29) is 5.91 Å². The molecule has 1 amide bonds. The monoisotopic (exact) mass is 349 g/mol. The van der Waals surface area contributed by atoms with E-state index in [1.165, 1.54) is 0 Å². The second kappa shape index (κ2) is 6.92. The number of para-hydroxylation sites is 1. The van der Waals surface area contributed by atoms with Crippen molar-refractivity contribution < 1.29 is 4.79 Å². The highest BCUT2D eigenvalue weighted by Gasteiger charge is 2.17. The predicted octanol–water partition coefficient (Wildman–Crippen LogP) is 4.88. The van der Waals surface area contributed by atoms with Crippen LogP contribution in [0.5, 0.6) is 0 Å². The third-order valence-electron chi connectivity index (χ3n) is 4.15. The Morgan fingerprint density at radius 1 is 1.28 bits per heavy atom. The van der Waals surface area contributed by atoms with Gasteiger partial charge in [0.25, 0.3) is 5.91 Å². The molecule has 25 heavy (non-hydrogen) atoms. The summed E-state index contributed by atoms with van der Waals surface area (Å²) in [5.41, 5.74) is 4.11. The van der Waals surface area contributed by atoms with Gasteiger partial charge in [-0.15, -0.1) is 0 Å². The average Bonchev–Trinajstić information content (AvgIpc) is 2.61. The molecule has 1 N–H and O–H groups in total. The molecule has 0 atom stereocenters. The van der Waals surface area contributed by atoms with E-state index >= 15 is 0 Å². The quantitative estimate of drug-likeness (QED) is 0.732. The number of carbonyl (C=O) groups is 1. The van der Waals surface area contributed by atoms with Gasteiger partial charge in [-0.05, 0) is 43.2 Å². The minimum Gasteiger partial charge on any atom is -0.322 e. The number of amides is 1. The van der Waals surface area contributed by atoms with Crippen LogP contribution in [0.2, 0.25) is 5.02 Å². The van der Waals surface area contributed by atoms with E-state index in [4.69, 9.17) is 16.9 Å². The smallest absolute Gasteiger partial charge is 0.256 e. The summed E-state index contributed by atoms with van der Waals surface area (Å²) >= 11 is 6.05. The Hall–Kier alpha value is -2.90. The van der Waals surface area contributed by atoms with Crippen molar-refractivity contribution in [3.63, 3.8) is 0 Å². The summed E-state index contributed by atoms with van der Waals surface area (Å²) in [7, 11) is 0. The van der Waals surface area contributed by atoms with Crippen LogP contribution in [-0.2, 0) is 6.42 Å². The van der Waals surface area contributed by atoms with E-state index in [0.29, 0.717) is 21.8 Å². The molecule has 0 radical (unpaired) electrons. The predicted molar refractivity (Wildman–Crippen MR) is 100.0 cm³/mol. The SMILES string of the molecule is CCc1nc2ccccc2c(C(=O)Nc2ccc(C#N)c(Cl)c2)c1C. The van der Waals surface area contributed by atoms with Crippen molar-refractivity contribution in [3.8, 4) is 6.07 Å². The first-order valence-corrected chi connectivity index (χ1v) is 8.32. The fourth-order valence-corrected chi connectivity index (χ4v) is 3.09. The molecule has 3 rings (SSSR count). The molecule has 0 bridgehead atoms. The van der Waals surface area contributed by atoms with Gasteiger partial charge in [0.2, 0.25) is 0 Å². The lowest BCUT2D eigenvalue weighted by atomic mass is 9.99. The molecule has 0 fully saturated rings. The van der Waals surface area contributed by atoms with Crippen molar-refractivity contribution in [2.75, 3.05) is 5.32 Å². The number of fused-ring (bicyclic) bond motifs is 1. The Morgan fingerprint density at radius 2 is 2.04 bits per heavy atom. The van der Waals surface area contributed by atoms with Crippen LogP contribution in [0.25, 0.3) is 10.9 Å². The number of hydrogen-bond donors (Lipinski definition) is 1. The molecule has 5 heteroatoms.